The van der Waals surface area contributed by atoms with E-state index < -0.39 is 0 Å². The van der Waals surface area contributed by atoms with Gasteiger partial charge in [-0.2, -0.15) is 0 Å². The molecule has 0 spiro atoms. The molecule has 1 aliphatic rings. The van der Waals surface area contributed by atoms with Crippen molar-refractivity contribution < 1.29 is 4.74 Å². The fourth-order valence-electron chi connectivity index (χ4n) is 3.53. The number of aryl methyl sites for hydroxylation is 1. The van der Waals surface area contributed by atoms with Crippen LogP contribution in [-0.4, -0.2) is 18.2 Å². The largest absolute Gasteiger partial charge is 0.497 e. The maximum Gasteiger partial charge on any atom is 0.119 e. The SMILES string of the molecule is COc1ccc(N2CCc3c(n(C)c4ccccc34)C2)cc1. The molecule has 0 fully saturated rings. The summed E-state index contributed by atoms with van der Waals surface area (Å²) >= 11 is 0. The van der Waals surface area contributed by atoms with Gasteiger partial charge in [-0.25, -0.2) is 0 Å². The first-order valence-corrected chi connectivity index (χ1v) is 7.72. The lowest BCUT2D eigenvalue weighted by atomic mass is 10.0. The Morgan fingerprint density at radius 2 is 1.77 bits per heavy atom. The van der Waals surface area contributed by atoms with Crippen molar-refractivity contribution in [1.82, 2.24) is 4.57 Å². The molecule has 0 bridgehead atoms. The lowest BCUT2D eigenvalue weighted by molar-refractivity contribution is 0.415. The Morgan fingerprint density at radius 3 is 2.55 bits per heavy atom. The summed E-state index contributed by atoms with van der Waals surface area (Å²) in [5, 5.41) is 1.41. The molecule has 0 saturated carbocycles. The lowest BCUT2D eigenvalue weighted by Gasteiger charge is -2.30. The summed E-state index contributed by atoms with van der Waals surface area (Å²) in [5.41, 5.74) is 5.55. The number of aromatic nitrogens is 1. The third-order valence-electron chi connectivity index (χ3n) is 4.75. The lowest BCUT2D eigenvalue weighted by Crippen LogP contribution is -2.31. The number of benzene rings is 2. The van der Waals surface area contributed by atoms with Crippen LogP contribution in [0.15, 0.2) is 48.5 Å². The van der Waals surface area contributed by atoms with Crippen LogP contribution in [0.5, 0.6) is 5.75 Å². The molecule has 0 N–H and O–H groups in total. The Kier molecular flexibility index (Phi) is 3.07. The van der Waals surface area contributed by atoms with E-state index in [4.69, 9.17) is 4.74 Å². The molecule has 2 heterocycles. The van der Waals surface area contributed by atoms with Crippen LogP contribution >= 0.6 is 0 Å². The van der Waals surface area contributed by atoms with Gasteiger partial charge in [0.05, 0.1) is 13.7 Å². The van der Waals surface area contributed by atoms with Crippen molar-refractivity contribution in [3.05, 3.63) is 59.8 Å². The van der Waals surface area contributed by atoms with Gasteiger partial charge in [0.2, 0.25) is 0 Å². The number of methoxy groups -OCH3 is 1. The Balaban J connectivity index is 1.71. The number of hydrogen-bond acceptors (Lipinski definition) is 2. The zero-order valence-corrected chi connectivity index (χ0v) is 13.0. The Bertz CT molecular complexity index is 817. The maximum absolute atomic E-state index is 5.25. The Labute approximate surface area is 130 Å². The fourth-order valence-corrected chi connectivity index (χ4v) is 3.53. The van der Waals surface area contributed by atoms with E-state index >= 15 is 0 Å². The smallest absolute Gasteiger partial charge is 0.119 e. The summed E-state index contributed by atoms with van der Waals surface area (Å²) in [5.74, 6) is 0.908. The standard InChI is InChI=1S/C19H20N2O/c1-20-18-6-4-3-5-16(18)17-11-12-21(13-19(17)20)14-7-9-15(22-2)10-8-14/h3-10H,11-13H2,1-2H3. The van der Waals surface area contributed by atoms with Gasteiger partial charge in [-0.1, -0.05) is 18.2 Å². The summed E-state index contributed by atoms with van der Waals surface area (Å²) in [6.07, 6.45) is 1.10. The van der Waals surface area contributed by atoms with Crippen LogP contribution in [0.25, 0.3) is 10.9 Å². The minimum atomic E-state index is 0.908. The molecule has 3 aromatic rings. The van der Waals surface area contributed by atoms with E-state index in [1.54, 1.807) is 7.11 Å². The summed E-state index contributed by atoms with van der Waals surface area (Å²) in [4.78, 5) is 2.45. The average molecular weight is 292 g/mol. The second-order valence-electron chi connectivity index (χ2n) is 5.87. The van der Waals surface area contributed by atoms with Crippen molar-refractivity contribution in [1.29, 1.82) is 0 Å². The third-order valence-corrected chi connectivity index (χ3v) is 4.75. The monoisotopic (exact) mass is 292 g/mol. The van der Waals surface area contributed by atoms with Gasteiger partial charge in [-0.15, -0.1) is 0 Å². The summed E-state index contributed by atoms with van der Waals surface area (Å²) < 4.78 is 7.60. The van der Waals surface area contributed by atoms with Gasteiger partial charge < -0.3 is 14.2 Å². The molecule has 0 unspecified atom stereocenters. The van der Waals surface area contributed by atoms with E-state index in [-0.39, 0.29) is 0 Å². The van der Waals surface area contributed by atoms with Crippen molar-refractivity contribution in [2.45, 2.75) is 13.0 Å². The summed E-state index contributed by atoms with van der Waals surface area (Å²) in [7, 11) is 3.89. The number of para-hydroxylation sites is 1. The zero-order chi connectivity index (χ0) is 15.1. The highest BCUT2D eigenvalue weighted by Gasteiger charge is 2.22. The predicted molar refractivity (Wildman–Crippen MR) is 90.7 cm³/mol. The minimum absolute atomic E-state index is 0.908. The topological polar surface area (TPSA) is 17.4 Å². The first-order valence-electron chi connectivity index (χ1n) is 7.72. The molecule has 0 amide bonds. The van der Waals surface area contributed by atoms with E-state index in [0.717, 1.165) is 25.3 Å². The molecule has 2 aromatic carbocycles. The molecule has 0 atom stereocenters. The number of anilines is 1. The van der Waals surface area contributed by atoms with Crippen LogP contribution in [0.1, 0.15) is 11.3 Å². The molecule has 112 valence electrons. The van der Waals surface area contributed by atoms with E-state index in [0.29, 0.717) is 0 Å². The molecule has 22 heavy (non-hydrogen) atoms. The number of nitrogens with zero attached hydrogens (tertiary/aromatic N) is 2. The first-order chi connectivity index (χ1) is 10.8. The quantitative estimate of drug-likeness (QED) is 0.715. The number of hydrogen-bond donors (Lipinski definition) is 0. The van der Waals surface area contributed by atoms with Crippen molar-refractivity contribution >= 4 is 16.6 Å². The van der Waals surface area contributed by atoms with Crippen LogP contribution in [-0.2, 0) is 20.0 Å². The Morgan fingerprint density at radius 1 is 1.00 bits per heavy atom. The highest BCUT2D eigenvalue weighted by Crippen LogP contribution is 2.32. The van der Waals surface area contributed by atoms with Gasteiger partial charge in [0.1, 0.15) is 5.75 Å². The molecule has 0 radical (unpaired) electrons. The van der Waals surface area contributed by atoms with Crippen LogP contribution in [0, 0.1) is 0 Å². The number of rotatable bonds is 2. The summed E-state index contributed by atoms with van der Waals surface area (Å²) in [6.45, 7) is 2.03. The number of fused-ring (bicyclic) bond motifs is 3. The van der Waals surface area contributed by atoms with Crippen molar-refractivity contribution in [2.24, 2.45) is 7.05 Å². The molecule has 1 aromatic heterocycles. The summed E-state index contributed by atoms with van der Waals surface area (Å²) in [6, 6.07) is 17.1. The zero-order valence-electron chi connectivity index (χ0n) is 13.0. The first kappa shape index (κ1) is 13.3. The second kappa shape index (κ2) is 5.09. The highest BCUT2D eigenvalue weighted by atomic mass is 16.5. The van der Waals surface area contributed by atoms with Crippen LogP contribution < -0.4 is 9.64 Å². The molecule has 0 saturated heterocycles. The fraction of sp³-hybridized carbons (Fsp3) is 0.263. The van der Waals surface area contributed by atoms with Gasteiger partial charge in [0.25, 0.3) is 0 Å². The van der Waals surface area contributed by atoms with E-state index in [1.807, 2.05) is 12.1 Å². The van der Waals surface area contributed by atoms with Crippen LogP contribution in [0.2, 0.25) is 0 Å². The van der Waals surface area contributed by atoms with Crippen LogP contribution in [0.4, 0.5) is 5.69 Å². The normalized spacial score (nSPS) is 14.2. The predicted octanol–water partition coefficient (Wildman–Crippen LogP) is 3.75. The molecule has 4 rings (SSSR count). The molecular formula is C19H20N2O. The van der Waals surface area contributed by atoms with Crippen molar-refractivity contribution in [3.8, 4) is 5.75 Å². The van der Waals surface area contributed by atoms with Gasteiger partial charge >= 0.3 is 0 Å². The Hall–Kier alpha value is -2.42. The maximum atomic E-state index is 5.25. The molecule has 3 heteroatoms. The van der Waals surface area contributed by atoms with E-state index in [1.165, 1.54) is 27.8 Å². The average Bonchev–Trinajstić information content (AvgIpc) is 2.88. The molecule has 3 nitrogen and oxygen atoms in total. The minimum Gasteiger partial charge on any atom is -0.497 e. The van der Waals surface area contributed by atoms with E-state index in [2.05, 4.69) is 52.9 Å². The van der Waals surface area contributed by atoms with Crippen molar-refractivity contribution in [3.63, 3.8) is 0 Å². The second-order valence-corrected chi connectivity index (χ2v) is 5.87. The van der Waals surface area contributed by atoms with E-state index in [9.17, 15) is 0 Å². The third kappa shape index (κ3) is 1.97. The molecular weight excluding hydrogens is 272 g/mol. The van der Waals surface area contributed by atoms with Gasteiger partial charge in [-0.3, -0.25) is 0 Å². The van der Waals surface area contributed by atoms with Gasteiger partial charge in [0, 0.05) is 35.9 Å². The number of ether oxygens (including phenoxy) is 1. The highest BCUT2D eigenvalue weighted by molar-refractivity contribution is 5.86. The molecule has 0 aliphatic carbocycles. The van der Waals surface area contributed by atoms with Crippen molar-refractivity contribution in [2.75, 3.05) is 18.6 Å². The molecule has 1 aliphatic heterocycles. The van der Waals surface area contributed by atoms with Crippen LogP contribution in [0.3, 0.4) is 0 Å². The van der Waals surface area contributed by atoms with Gasteiger partial charge in [0.15, 0.2) is 0 Å². The van der Waals surface area contributed by atoms with Gasteiger partial charge in [-0.05, 0) is 42.3 Å².